The SMILES string of the molecule is CC(C)CN(Cc1cccn1C)C(=O)CN(C(=O)c1ccc([N+](=O)[O-])cc1)C(C)C. The third kappa shape index (κ3) is 5.92. The van der Waals surface area contributed by atoms with Crippen molar-refractivity contribution >= 4 is 17.5 Å². The normalized spacial score (nSPS) is 11.0. The number of nitro benzene ring substituents is 1. The molecular formula is C22H30N4O4. The molecule has 0 N–H and O–H groups in total. The molecule has 2 rings (SSSR count). The molecule has 8 heteroatoms. The molecule has 1 aromatic heterocycles. The van der Waals surface area contributed by atoms with Gasteiger partial charge in [-0.05, 0) is 44.0 Å². The molecule has 1 heterocycles. The van der Waals surface area contributed by atoms with Crippen LogP contribution >= 0.6 is 0 Å². The van der Waals surface area contributed by atoms with Crippen LogP contribution in [-0.4, -0.2) is 50.2 Å². The van der Waals surface area contributed by atoms with Gasteiger partial charge in [-0.15, -0.1) is 0 Å². The van der Waals surface area contributed by atoms with Crippen molar-refractivity contribution in [3.05, 3.63) is 64.0 Å². The maximum Gasteiger partial charge on any atom is 0.269 e. The smallest absolute Gasteiger partial charge is 0.269 e. The lowest BCUT2D eigenvalue weighted by Gasteiger charge is -2.31. The highest BCUT2D eigenvalue weighted by molar-refractivity contribution is 5.96. The van der Waals surface area contributed by atoms with Crippen LogP contribution in [0.25, 0.3) is 0 Å². The Kier molecular flexibility index (Phi) is 7.74. The Balaban J connectivity index is 2.19. The Morgan fingerprint density at radius 1 is 1.10 bits per heavy atom. The number of amides is 2. The standard InChI is InChI=1S/C22H30N4O4/c1-16(2)13-24(14-20-7-6-12-23(20)5)21(27)15-25(17(3)4)22(28)18-8-10-19(11-9-18)26(29)30/h6-12,16-17H,13-15H2,1-5H3. The molecule has 2 amide bonds. The van der Waals surface area contributed by atoms with Gasteiger partial charge in [0.15, 0.2) is 0 Å². The third-order valence-electron chi connectivity index (χ3n) is 4.86. The molecule has 0 unspecified atom stereocenters. The van der Waals surface area contributed by atoms with Gasteiger partial charge in [-0.1, -0.05) is 13.8 Å². The van der Waals surface area contributed by atoms with Gasteiger partial charge >= 0.3 is 0 Å². The van der Waals surface area contributed by atoms with E-state index in [4.69, 9.17) is 0 Å². The third-order valence-corrected chi connectivity index (χ3v) is 4.86. The molecule has 0 atom stereocenters. The molecule has 2 aromatic rings. The lowest BCUT2D eigenvalue weighted by molar-refractivity contribution is -0.384. The number of aromatic nitrogens is 1. The van der Waals surface area contributed by atoms with Gasteiger partial charge in [0.2, 0.25) is 5.91 Å². The predicted molar refractivity (Wildman–Crippen MR) is 115 cm³/mol. The highest BCUT2D eigenvalue weighted by Crippen LogP contribution is 2.16. The van der Waals surface area contributed by atoms with Crippen LogP contribution in [0.5, 0.6) is 0 Å². The Hall–Kier alpha value is -3.16. The maximum absolute atomic E-state index is 13.1. The molecule has 0 saturated carbocycles. The van der Waals surface area contributed by atoms with Crippen LogP contribution < -0.4 is 0 Å². The number of carbonyl (C=O) groups excluding carboxylic acids is 2. The topological polar surface area (TPSA) is 88.7 Å². The molecular weight excluding hydrogens is 384 g/mol. The average Bonchev–Trinajstić information content (AvgIpc) is 3.09. The number of non-ortho nitro benzene ring substituents is 1. The summed E-state index contributed by atoms with van der Waals surface area (Å²) < 4.78 is 1.98. The number of nitro groups is 1. The number of carbonyl (C=O) groups is 2. The lowest BCUT2D eigenvalue weighted by Crippen LogP contribution is -2.46. The molecule has 0 fully saturated rings. The summed E-state index contributed by atoms with van der Waals surface area (Å²) in [5.41, 5.74) is 1.26. The fraction of sp³-hybridized carbons (Fsp3) is 0.455. The summed E-state index contributed by atoms with van der Waals surface area (Å²) in [5, 5.41) is 10.8. The second kappa shape index (κ2) is 10.0. The van der Waals surface area contributed by atoms with Gasteiger partial charge in [-0.2, -0.15) is 0 Å². The molecule has 0 aliphatic heterocycles. The molecule has 30 heavy (non-hydrogen) atoms. The number of rotatable bonds is 9. The second-order valence-electron chi connectivity index (χ2n) is 8.11. The molecule has 0 aliphatic rings. The minimum atomic E-state index is -0.509. The highest BCUT2D eigenvalue weighted by atomic mass is 16.6. The van der Waals surface area contributed by atoms with Gasteiger partial charge in [0.25, 0.3) is 11.6 Å². The zero-order chi connectivity index (χ0) is 22.4. The Bertz CT molecular complexity index is 887. The molecule has 162 valence electrons. The Morgan fingerprint density at radius 2 is 1.73 bits per heavy atom. The fourth-order valence-corrected chi connectivity index (χ4v) is 3.18. The van der Waals surface area contributed by atoms with Crippen molar-refractivity contribution in [2.45, 2.75) is 40.3 Å². The van der Waals surface area contributed by atoms with Crippen LogP contribution in [-0.2, 0) is 18.4 Å². The van der Waals surface area contributed by atoms with E-state index < -0.39 is 4.92 Å². The summed E-state index contributed by atoms with van der Waals surface area (Å²) in [7, 11) is 1.94. The van der Waals surface area contributed by atoms with Crippen LogP contribution in [0, 0.1) is 16.0 Å². The van der Waals surface area contributed by atoms with E-state index in [9.17, 15) is 19.7 Å². The summed E-state index contributed by atoms with van der Waals surface area (Å²) >= 11 is 0. The van der Waals surface area contributed by atoms with Gasteiger partial charge in [0.1, 0.15) is 6.54 Å². The number of nitrogens with zero attached hydrogens (tertiary/aromatic N) is 4. The summed E-state index contributed by atoms with van der Waals surface area (Å²) in [6, 6.07) is 9.16. The van der Waals surface area contributed by atoms with Crippen LogP contribution in [0.4, 0.5) is 5.69 Å². The molecule has 1 aromatic carbocycles. The Labute approximate surface area is 177 Å². The summed E-state index contributed by atoms with van der Waals surface area (Å²) in [6.45, 7) is 8.80. The van der Waals surface area contributed by atoms with E-state index in [0.29, 0.717) is 18.7 Å². The van der Waals surface area contributed by atoms with E-state index in [2.05, 4.69) is 0 Å². The van der Waals surface area contributed by atoms with Crippen molar-refractivity contribution in [1.29, 1.82) is 0 Å². The quantitative estimate of drug-likeness (QED) is 0.464. The summed E-state index contributed by atoms with van der Waals surface area (Å²) in [4.78, 5) is 39.8. The minimum Gasteiger partial charge on any atom is -0.353 e. The zero-order valence-electron chi connectivity index (χ0n) is 18.2. The van der Waals surface area contributed by atoms with Crippen LogP contribution in [0.3, 0.4) is 0 Å². The molecule has 0 spiro atoms. The summed E-state index contributed by atoms with van der Waals surface area (Å²) in [5.74, 6) is -0.169. The summed E-state index contributed by atoms with van der Waals surface area (Å²) in [6.07, 6.45) is 1.94. The van der Waals surface area contributed by atoms with Gasteiger partial charge in [-0.25, -0.2) is 0 Å². The largest absolute Gasteiger partial charge is 0.353 e. The number of aryl methyl sites for hydroxylation is 1. The van der Waals surface area contributed by atoms with E-state index in [1.165, 1.54) is 29.2 Å². The Morgan fingerprint density at radius 3 is 2.20 bits per heavy atom. The average molecular weight is 415 g/mol. The van der Waals surface area contributed by atoms with Crippen molar-refractivity contribution in [3.63, 3.8) is 0 Å². The first-order valence-electron chi connectivity index (χ1n) is 10.0. The second-order valence-corrected chi connectivity index (χ2v) is 8.11. The van der Waals surface area contributed by atoms with E-state index in [1.54, 1.807) is 4.90 Å². The van der Waals surface area contributed by atoms with Gasteiger partial charge in [-0.3, -0.25) is 19.7 Å². The van der Waals surface area contributed by atoms with Crippen molar-refractivity contribution in [3.8, 4) is 0 Å². The molecule has 8 nitrogen and oxygen atoms in total. The van der Waals surface area contributed by atoms with Crippen LogP contribution in [0.2, 0.25) is 0 Å². The minimum absolute atomic E-state index is 0.0510. The van der Waals surface area contributed by atoms with Crippen LogP contribution in [0.15, 0.2) is 42.6 Å². The number of benzene rings is 1. The maximum atomic E-state index is 13.1. The van der Waals surface area contributed by atoms with E-state index in [1.807, 2.05) is 57.6 Å². The fourth-order valence-electron chi connectivity index (χ4n) is 3.18. The number of hydrogen-bond acceptors (Lipinski definition) is 4. The van der Waals surface area contributed by atoms with Gasteiger partial charge in [0, 0.05) is 49.2 Å². The first-order chi connectivity index (χ1) is 14.1. The first-order valence-corrected chi connectivity index (χ1v) is 10.0. The van der Waals surface area contributed by atoms with E-state index in [-0.39, 0.29) is 36.0 Å². The lowest BCUT2D eigenvalue weighted by atomic mass is 10.1. The van der Waals surface area contributed by atoms with Crippen molar-refractivity contribution in [1.82, 2.24) is 14.4 Å². The van der Waals surface area contributed by atoms with Crippen molar-refractivity contribution in [2.75, 3.05) is 13.1 Å². The first kappa shape index (κ1) is 23.1. The zero-order valence-corrected chi connectivity index (χ0v) is 18.2. The van der Waals surface area contributed by atoms with E-state index >= 15 is 0 Å². The molecule has 0 radical (unpaired) electrons. The van der Waals surface area contributed by atoms with Crippen molar-refractivity contribution in [2.24, 2.45) is 13.0 Å². The molecule has 0 saturated heterocycles. The molecule has 0 aliphatic carbocycles. The monoisotopic (exact) mass is 414 g/mol. The van der Waals surface area contributed by atoms with Crippen LogP contribution in [0.1, 0.15) is 43.7 Å². The molecule has 0 bridgehead atoms. The van der Waals surface area contributed by atoms with Crippen molar-refractivity contribution < 1.29 is 14.5 Å². The highest BCUT2D eigenvalue weighted by Gasteiger charge is 2.25. The van der Waals surface area contributed by atoms with E-state index in [0.717, 1.165) is 5.69 Å². The van der Waals surface area contributed by atoms with Gasteiger partial charge < -0.3 is 14.4 Å². The predicted octanol–water partition coefficient (Wildman–Crippen LogP) is 3.47. The number of hydrogen-bond donors (Lipinski definition) is 0. The van der Waals surface area contributed by atoms with Gasteiger partial charge in [0.05, 0.1) is 11.5 Å².